The van der Waals surface area contributed by atoms with Gasteiger partial charge in [-0.2, -0.15) is 9.97 Å². The van der Waals surface area contributed by atoms with Gasteiger partial charge < -0.3 is 25.6 Å². The summed E-state index contributed by atoms with van der Waals surface area (Å²) in [6.07, 6.45) is 18.9. The van der Waals surface area contributed by atoms with E-state index in [2.05, 4.69) is 20.3 Å². The van der Waals surface area contributed by atoms with Gasteiger partial charge in [-0.15, -0.1) is 0 Å². The molecule has 0 aliphatic heterocycles. The molecule has 0 aromatic carbocycles. The minimum Gasteiger partial charge on any atom is -0.481 e. The van der Waals surface area contributed by atoms with Crippen molar-refractivity contribution in [3.05, 3.63) is 23.4 Å². The zero-order chi connectivity index (χ0) is 38.6. The summed E-state index contributed by atoms with van der Waals surface area (Å²) in [5.41, 5.74) is 12.0. The largest absolute Gasteiger partial charge is 0.481 e. The smallest absolute Gasteiger partial charge is 0.304 e. The molecule has 2 fully saturated rings. The lowest BCUT2D eigenvalue weighted by molar-refractivity contribution is -0.137. The second kappa shape index (κ2) is 23.7. The van der Waals surface area contributed by atoms with Gasteiger partial charge in [0.15, 0.2) is 11.6 Å². The Morgan fingerprint density at radius 2 is 1.15 bits per heavy atom. The first-order valence-corrected chi connectivity index (χ1v) is 19.1. The first kappa shape index (κ1) is 43.4. The van der Waals surface area contributed by atoms with Crippen molar-refractivity contribution in [2.75, 3.05) is 27.2 Å². The molecule has 298 valence electrons. The van der Waals surface area contributed by atoms with Crippen LogP contribution in [0, 0.1) is 11.8 Å². The molecule has 0 radical (unpaired) electrons. The molecule has 0 bridgehead atoms. The molecule has 2 saturated carbocycles. The molecular formula is C36H61N9O8. The van der Waals surface area contributed by atoms with Crippen LogP contribution in [0.4, 0.5) is 0 Å². The molecule has 4 rings (SSSR count). The molecule has 2 aliphatic rings. The van der Waals surface area contributed by atoms with Crippen LogP contribution in [0.1, 0.15) is 151 Å². The molecule has 17 heteroatoms. The van der Waals surface area contributed by atoms with Crippen LogP contribution in [0.15, 0.2) is 9.05 Å². The molecule has 0 saturated heterocycles. The summed E-state index contributed by atoms with van der Waals surface area (Å²) in [6.45, 7) is 0.854. The SMILES string of the molecule is CN(CC(N)=O)Cc1noc([C@H](CCCC2CCCCC2)CC(=O)NO)n1.CN(CC(N)=O)Cc1noc([C@H](CCCC2CCCCC2)CC(=O)O)n1. The quantitative estimate of drug-likeness (QED) is 0.0843. The lowest BCUT2D eigenvalue weighted by Gasteiger charge is -2.22. The Kier molecular flexibility index (Phi) is 19.4. The van der Waals surface area contributed by atoms with Gasteiger partial charge in [-0.3, -0.25) is 34.2 Å². The van der Waals surface area contributed by atoms with Gasteiger partial charge in [-0.1, -0.05) is 100 Å². The Morgan fingerprint density at radius 3 is 1.53 bits per heavy atom. The summed E-state index contributed by atoms with van der Waals surface area (Å²) in [5, 5.41) is 25.9. The van der Waals surface area contributed by atoms with E-state index >= 15 is 0 Å². The van der Waals surface area contributed by atoms with Crippen LogP contribution in [-0.4, -0.2) is 91.3 Å². The molecular weight excluding hydrogens is 686 g/mol. The highest BCUT2D eigenvalue weighted by atomic mass is 16.5. The van der Waals surface area contributed by atoms with Crippen molar-refractivity contribution in [2.24, 2.45) is 23.3 Å². The molecule has 2 aromatic heterocycles. The molecule has 0 spiro atoms. The average Bonchev–Trinajstić information content (AvgIpc) is 3.77. The van der Waals surface area contributed by atoms with E-state index in [-0.39, 0.29) is 37.8 Å². The fourth-order valence-electron chi connectivity index (χ4n) is 7.49. The van der Waals surface area contributed by atoms with E-state index in [1.165, 1.54) is 64.2 Å². The predicted molar refractivity (Wildman–Crippen MR) is 193 cm³/mol. The van der Waals surface area contributed by atoms with Gasteiger partial charge in [0.2, 0.25) is 29.5 Å². The maximum atomic E-state index is 11.7. The number of rotatable bonds is 22. The number of nitrogens with zero attached hydrogens (tertiary/aromatic N) is 6. The number of carbonyl (C=O) groups is 4. The lowest BCUT2D eigenvalue weighted by Crippen LogP contribution is -2.30. The van der Waals surface area contributed by atoms with Crippen molar-refractivity contribution in [3.63, 3.8) is 0 Å². The van der Waals surface area contributed by atoms with Crippen molar-refractivity contribution in [1.29, 1.82) is 0 Å². The topological polar surface area (TPSA) is 257 Å². The number of nitrogens with two attached hydrogens (primary N) is 2. The third-order valence-electron chi connectivity index (χ3n) is 10.1. The number of carboxylic acid groups (broad SMARTS) is 1. The predicted octanol–water partition coefficient (Wildman–Crippen LogP) is 4.01. The first-order valence-electron chi connectivity index (χ1n) is 19.1. The highest BCUT2D eigenvalue weighted by Gasteiger charge is 2.25. The zero-order valence-corrected chi connectivity index (χ0v) is 31.5. The number of nitrogens with one attached hydrogen (secondary N) is 1. The van der Waals surface area contributed by atoms with E-state index < -0.39 is 23.7 Å². The van der Waals surface area contributed by atoms with Crippen molar-refractivity contribution in [1.82, 2.24) is 35.6 Å². The maximum absolute atomic E-state index is 11.7. The number of aliphatic carboxylic acids is 1. The first-order chi connectivity index (χ1) is 25.4. The third-order valence-corrected chi connectivity index (χ3v) is 10.1. The summed E-state index contributed by atoms with van der Waals surface area (Å²) < 4.78 is 10.7. The van der Waals surface area contributed by atoms with Gasteiger partial charge in [0.25, 0.3) is 0 Å². The number of carboxylic acids is 1. The van der Waals surface area contributed by atoms with Crippen molar-refractivity contribution in [2.45, 2.75) is 141 Å². The Labute approximate surface area is 311 Å². The number of hydroxylamine groups is 1. The zero-order valence-electron chi connectivity index (χ0n) is 31.5. The van der Waals surface area contributed by atoms with Crippen LogP contribution in [0.3, 0.4) is 0 Å². The minimum atomic E-state index is -0.863. The summed E-state index contributed by atoms with van der Waals surface area (Å²) in [4.78, 5) is 56.9. The van der Waals surface area contributed by atoms with E-state index in [0.717, 1.165) is 50.4 Å². The number of amides is 3. The van der Waals surface area contributed by atoms with Gasteiger partial charge >= 0.3 is 5.97 Å². The third kappa shape index (κ3) is 17.6. The molecule has 53 heavy (non-hydrogen) atoms. The highest BCUT2D eigenvalue weighted by molar-refractivity contribution is 5.76. The molecule has 2 atom stereocenters. The van der Waals surface area contributed by atoms with E-state index in [1.807, 2.05) is 0 Å². The second-order valence-electron chi connectivity index (χ2n) is 15.0. The number of carbonyl (C=O) groups excluding carboxylic acids is 3. The van der Waals surface area contributed by atoms with E-state index in [9.17, 15) is 24.3 Å². The maximum Gasteiger partial charge on any atom is 0.304 e. The van der Waals surface area contributed by atoms with Gasteiger partial charge in [-0.05, 0) is 38.8 Å². The summed E-state index contributed by atoms with van der Waals surface area (Å²) >= 11 is 0. The summed E-state index contributed by atoms with van der Waals surface area (Å²) in [5.74, 6) is 0.500. The normalized spacial score (nSPS) is 16.5. The summed E-state index contributed by atoms with van der Waals surface area (Å²) in [6, 6.07) is 0. The number of hydrogen-bond donors (Lipinski definition) is 5. The molecule has 2 aliphatic carbocycles. The van der Waals surface area contributed by atoms with E-state index in [4.69, 9.17) is 25.7 Å². The number of primary amides is 2. The minimum absolute atomic E-state index is 0.0105. The van der Waals surface area contributed by atoms with Crippen LogP contribution < -0.4 is 16.9 Å². The summed E-state index contributed by atoms with van der Waals surface area (Å²) in [7, 11) is 3.47. The lowest BCUT2D eigenvalue weighted by atomic mass is 9.84. The molecule has 2 heterocycles. The van der Waals surface area contributed by atoms with Crippen molar-refractivity contribution in [3.8, 4) is 0 Å². The number of likely N-dealkylation sites (N-methyl/N-ethyl adjacent to an activating group) is 2. The van der Waals surface area contributed by atoms with Crippen LogP contribution in [0.5, 0.6) is 0 Å². The van der Waals surface area contributed by atoms with Gasteiger partial charge in [0, 0.05) is 18.3 Å². The molecule has 0 unspecified atom stereocenters. The molecule has 2 aromatic rings. The number of hydrogen-bond acceptors (Lipinski definition) is 13. The molecule has 3 amide bonds. The van der Waals surface area contributed by atoms with Gasteiger partial charge in [0.05, 0.1) is 32.6 Å². The standard InChI is InChI=1S/C18H31N5O4.C18H30N4O4/c1-23(11-15(19)24)12-16-20-18(27-22-16)14(10-17(25)21-26)9-5-8-13-6-3-2-4-7-13;1-22(11-15(19)23)12-16-20-18(26-21-16)14(10-17(24)25)9-5-8-13-6-3-2-4-7-13/h13-14,26H,2-12H2,1H3,(H2,19,24)(H,21,25);13-14H,2-12H2,1H3,(H2,19,23)(H,24,25)/t2*14-/m11/s1. The van der Waals surface area contributed by atoms with E-state index in [1.54, 1.807) is 29.4 Å². The Hall–Kier alpha value is -3.96. The molecule has 7 N–H and O–H groups in total. The van der Waals surface area contributed by atoms with Crippen LogP contribution >= 0.6 is 0 Å². The Morgan fingerprint density at radius 1 is 0.736 bits per heavy atom. The van der Waals surface area contributed by atoms with Gasteiger partial charge in [-0.25, -0.2) is 5.48 Å². The fraction of sp³-hybridized carbons (Fsp3) is 0.778. The number of aromatic nitrogens is 4. The Balaban J connectivity index is 0.000000286. The monoisotopic (exact) mass is 747 g/mol. The van der Waals surface area contributed by atoms with Crippen molar-refractivity contribution >= 4 is 23.7 Å². The van der Waals surface area contributed by atoms with Crippen molar-refractivity contribution < 1.29 is 38.5 Å². The van der Waals surface area contributed by atoms with Crippen LogP contribution in [0.25, 0.3) is 0 Å². The Bertz CT molecular complexity index is 1390. The van der Waals surface area contributed by atoms with Crippen LogP contribution in [0.2, 0.25) is 0 Å². The second-order valence-corrected chi connectivity index (χ2v) is 15.0. The highest BCUT2D eigenvalue weighted by Crippen LogP contribution is 2.32. The molecule has 17 nitrogen and oxygen atoms in total. The van der Waals surface area contributed by atoms with E-state index in [0.29, 0.717) is 36.5 Å². The van der Waals surface area contributed by atoms with Crippen LogP contribution in [-0.2, 0) is 32.3 Å². The average molecular weight is 748 g/mol. The van der Waals surface area contributed by atoms with Gasteiger partial charge in [0.1, 0.15) is 0 Å². The fourth-order valence-corrected chi connectivity index (χ4v) is 7.49.